The molecule has 1 heterocycles. The van der Waals surface area contributed by atoms with Gasteiger partial charge in [0.2, 0.25) is 23.7 Å². The highest BCUT2D eigenvalue weighted by atomic mass is 19.4. The van der Waals surface area contributed by atoms with E-state index < -0.39 is 30.1 Å². The molecule has 0 spiro atoms. The molecule has 9 N–H and O–H groups in total. The Balaban J connectivity index is 0.000000354. The third-order valence-corrected chi connectivity index (χ3v) is 6.95. The molecule has 2 aliphatic carbocycles. The maximum absolute atomic E-state index is 12.6. The number of ether oxygens (including phenoxy) is 1. The first-order chi connectivity index (χ1) is 19.9. The van der Waals surface area contributed by atoms with Crippen LogP contribution in [0.25, 0.3) is 0 Å². The molecule has 1 aromatic heterocycles. The summed E-state index contributed by atoms with van der Waals surface area (Å²) in [7, 11) is 0.676. The summed E-state index contributed by atoms with van der Waals surface area (Å²) in [5, 5.41) is 2.92. The first-order valence-electron chi connectivity index (χ1n) is 13.9. The molecule has 2 aliphatic rings. The van der Waals surface area contributed by atoms with Crippen molar-refractivity contribution in [2.45, 2.75) is 102 Å². The van der Waals surface area contributed by atoms with Gasteiger partial charge >= 0.3 is 18.3 Å². The Morgan fingerprint density at radius 3 is 1.81 bits per heavy atom. The zero-order chi connectivity index (χ0) is 32.8. The van der Waals surface area contributed by atoms with E-state index in [1.807, 2.05) is 6.92 Å². The Hall–Kier alpha value is -3.60. The lowest BCUT2D eigenvalue weighted by atomic mass is 9.85. The third-order valence-electron chi connectivity index (χ3n) is 6.95. The topological polar surface area (TPSA) is 206 Å². The van der Waals surface area contributed by atoms with Crippen LogP contribution in [0.2, 0.25) is 0 Å². The molecule has 0 aromatic carbocycles. The molecule has 0 radical (unpaired) electrons. The molecule has 12 nitrogen and oxygen atoms in total. The van der Waals surface area contributed by atoms with Gasteiger partial charge in [-0.15, -0.1) is 0 Å². The molecule has 18 heteroatoms. The summed E-state index contributed by atoms with van der Waals surface area (Å²) in [4.78, 5) is 27.7. The Morgan fingerprint density at radius 1 is 0.884 bits per heavy atom. The molecule has 0 aliphatic heterocycles. The van der Waals surface area contributed by atoms with Crippen LogP contribution in [0.4, 0.5) is 38.2 Å². The van der Waals surface area contributed by atoms with Gasteiger partial charge in [0.25, 0.3) is 0 Å². The summed E-state index contributed by atoms with van der Waals surface area (Å²) in [5.41, 5.74) is 21.3. The molecule has 2 atom stereocenters. The number of rotatable bonds is 5. The average molecular weight is 629 g/mol. The van der Waals surface area contributed by atoms with E-state index in [2.05, 4.69) is 41.9 Å². The summed E-state index contributed by atoms with van der Waals surface area (Å²) in [6.45, 7) is 4.01. The van der Waals surface area contributed by atoms with E-state index in [-0.39, 0.29) is 30.0 Å². The van der Waals surface area contributed by atoms with Crippen LogP contribution in [0.1, 0.15) is 83.9 Å². The Bertz CT molecular complexity index is 1050. The molecule has 246 valence electrons. The molecule has 43 heavy (non-hydrogen) atoms. The van der Waals surface area contributed by atoms with E-state index in [1.54, 1.807) is 0 Å². The number of halogens is 6. The molecule has 2 unspecified atom stereocenters. The minimum Gasteiger partial charge on any atom is -0.462 e. The quantitative estimate of drug-likeness (QED) is 0.136. The number of carbonyl (C=O) groups is 1. The molecular weight excluding hydrogens is 586 g/mol. The van der Waals surface area contributed by atoms with Gasteiger partial charge in [-0.1, -0.05) is 38.5 Å². The molecule has 3 rings (SSSR count). The Labute approximate surface area is 246 Å². The van der Waals surface area contributed by atoms with Crippen molar-refractivity contribution < 1.29 is 35.9 Å². The van der Waals surface area contributed by atoms with Gasteiger partial charge in [-0.05, 0) is 51.4 Å². The number of guanidine groups is 2. The second-order valence-corrected chi connectivity index (χ2v) is 10.3. The molecule has 0 saturated heterocycles. The van der Waals surface area contributed by atoms with Gasteiger partial charge in [-0.25, -0.2) is 9.79 Å². The SMILES string of the molecule is CC(N=C(N)N=C(N)N)C1CCCCC1.CC(Nc1nc(N)nc(C(F)(F)F)n1)C1CCCCC1.COC(=O)C(F)(F)F. The number of nitrogens with one attached hydrogen (secondary N) is 1. The van der Waals surface area contributed by atoms with Crippen molar-refractivity contribution in [3.63, 3.8) is 0 Å². The number of methoxy groups -OCH3 is 1. The van der Waals surface area contributed by atoms with Gasteiger partial charge in [0.1, 0.15) is 0 Å². The monoisotopic (exact) mass is 628 g/mol. The first-order valence-corrected chi connectivity index (χ1v) is 13.9. The van der Waals surface area contributed by atoms with E-state index in [9.17, 15) is 31.1 Å². The van der Waals surface area contributed by atoms with Crippen molar-refractivity contribution in [2.75, 3.05) is 18.2 Å². The van der Waals surface area contributed by atoms with Crippen LogP contribution < -0.4 is 28.3 Å². The van der Waals surface area contributed by atoms with Gasteiger partial charge in [0.05, 0.1) is 13.2 Å². The molecule has 0 amide bonds. The van der Waals surface area contributed by atoms with Crippen molar-refractivity contribution in [3.8, 4) is 0 Å². The van der Waals surface area contributed by atoms with Crippen LogP contribution in [-0.2, 0) is 15.7 Å². The summed E-state index contributed by atoms with van der Waals surface area (Å²) < 4.78 is 74.1. The minimum absolute atomic E-state index is 0.0122. The number of nitrogens with zero attached hydrogens (tertiary/aromatic N) is 5. The number of hydrogen-bond donors (Lipinski definition) is 5. The summed E-state index contributed by atoms with van der Waals surface area (Å²) >= 11 is 0. The number of aromatic nitrogens is 3. The number of anilines is 2. The van der Waals surface area contributed by atoms with Crippen LogP contribution in [0.15, 0.2) is 9.98 Å². The highest BCUT2D eigenvalue weighted by molar-refractivity contribution is 5.92. The maximum atomic E-state index is 12.6. The number of alkyl halides is 6. The lowest BCUT2D eigenvalue weighted by Crippen LogP contribution is -2.29. The van der Waals surface area contributed by atoms with E-state index in [0.717, 1.165) is 25.7 Å². The van der Waals surface area contributed by atoms with E-state index in [1.165, 1.54) is 38.5 Å². The van der Waals surface area contributed by atoms with Crippen LogP contribution in [0, 0.1) is 11.8 Å². The molecule has 2 fully saturated rings. The first kappa shape index (κ1) is 37.4. The van der Waals surface area contributed by atoms with Crippen LogP contribution >= 0.6 is 0 Å². The highest BCUT2D eigenvalue weighted by Crippen LogP contribution is 2.30. The number of nitrogen functional groups attached to an aromatic ring is 1. The largest absolute Gasteiger partial charge is 0.490 e. The van der Waals surface area contributed by atoms with E-state index >= 15 is 0 Å². The van der Waals surface area contributed by atoms with Crippen molar-refractivity contribution >= 4 is 29.8 Å². The normalized spacial score (nSPS) is 18.1. The fraction of sp³-hybridized carbons (Fsp3) is 0.760. The van der Waals surface area contributed by atoms with Crippen molar-refractivity contribution in [3.05, 3.63) is 5.82 Å². The molecule has 2 saturated carbocycles. The average Bonchev–Trinajstić information content (AvgIpc) is 2.92. The fourth-order valence-electron chi connectivity index (χ4n) is 4.75. The van der Waals surface area contributed by atoms with Gasteiger partial charge in [0, 0.05) is 6.04 Å². The van der Waals surface area contributed by atoms with Gasteiger partial charge < -0.3 is 33.0 Å². The minimum atomic E-state index is -4.85. The number of aliphatic imine (C=N–C) groups is 2. The maximum Gasteiger partial charge on any atom is 0.490 e. The molecule has 1 aromatic rings. The smallest absolute Gasteiger partial charge is 0.462 e. The predicted molar refractivity (Wildman–Crippen MR) is 150 cm³/mol. The van der Waals surface area contributed by atoms with E-state index in [0.29, 0.717) is 18.9 Å². The summed E-state index contributed by atoms with van der Waals surface area (Å²) in [6, 6.07) is 0.228. The van der Waals surface area contributed by atoms with Crippen molar-refractivity contribution in [2.24, 2.45) is 39.0 Å². The van der Waals surface area contributed by atoms with Crippen LogP contribution in [0.3, 0.4) is 0 Å². The van der Waals surface area contributed by atoms with E-state index in [4.69, 9.17) is 22.9 Å². The summed E-state index contributed by atoms with van der Waals surface area (Å²) in [6.07, 6.45) is 2.61. The second-order valence-electron chi connectivity index (χ2n) is 10.3. The molecule has 0 bridgehead atoms. The van der Waals surface area contributed by atoms with Crippen molar-refractivity contribution in [1.29, 1.82) is 0 Å². The highest BCUT2D eigenvalue weighted by Gasteiger charge is 2.40. The predicted octanol–water partition coefficient (Wildman–Crippen LogP) is 4.12. The molecular formula is C25H42F6N10O2. The number of carbonyl (C=O) groups excluding carboxylic acids is 1. The van der Waals surface area contributed by atoms with Crippen LogP contribution in [0.5, 0.6) is 0 Å². The zero-order valence-electron chi connectivity index (χ0n) is 24.5. The summed E-state index contributed by atoms with van der Waals surface area (Å²) in [5.74, 6) is -2.75. The van der Waals surface area contributed by atoms with Crippen molar-refractivity contribution in [1.82, 2.24) is 15.0 Å². The third kappa shape index (κ3) is 14.9. The zero-order valence-corrected chi connectivity index (χ0v) is 24.5. The standard InChI is InChI=1S/C12H18F3N5.C10H21N5.C3H3F3O2/c1-7(8-5-3-2-4-6-8)17-11-19-9(12(13,14)15)18-10(16)20-11;1-7(8-5-3-2-4-6-8)14-10(13)15-9(11)12;1-8-2(7)3(4,5)6/h7-8H,2-6H2,1H3,(H3,16,17,18,19,20);7-8H,2-6H2,1H3,(H6,11,12,13,14,15);1H3. The van der Waals surface area contributed by atoms with Gasteiger partial charge in [-0.2, -0.15) is 46.3 Å². The van der Waals surface area contributed by atoms with Crippen LogP contribution in [-0.4, -0.2) is 58.2 Å². The van der Waals surface area contributed by atoms with Gasteiger partial charge in [0.15, 0.2) is 5.96 Å². The fourth-order valence-corrected chi connectivity index (χ4v) is 4.75. The number of esters is 1. The Morgan fingerprint density at radius 2 is 1.40 bits per heavy atom. The number of hydrogen-bond acceptors (Lipinski definition) is 8. The Kier molecular flexibility index (Phi) is 15.2. The second kappa shape index (κ2) is 17.5. The van der Waals surface area contributed by atoms with Gasteiger partial charge in [-0.3, -0.25) is 0 Å². The lowest BCUT2D eigenvalue weighted by molar-refractivity contribution is -0.196. The lowest BCUT2D eigenvalue weighted by Gasteiger charge is -2.28. The number of nitrogens with two attached hydrogens (primary N) is 4.